The molecule has 1 aromatic carbocycles. The van der Waals surface area contributed by atoms with Crippen molar-refractivity contribution in [3.63, 3.8) is 0 Å². The van der Waals surface area contributed by atoms with E-state index in [9.17, 15) is 8.42 Å². The first-order valence-electron chi connectivity index (χ1n) is 8.37. The molecule has 140 valence electrons. The van der Waals surface area contributed by atoms with Gasteiger partial charge in [0.1, 0.15) is 5.25 Å². The molecule has 7 heteroatoms. The molecule has 1 rings (SSSR count). The van der Waals surface area contributed by atoms with E-state index in [0.29, 0.717) is 5.56 Å². The molecule has 0 aliphatic heterocycles. The van der Waals surface area contributed by atoms with Gasteiger partial charge >= 0.3 is 0 Å². The SMILES string of the molecule is CC(C)OS(=O)(=O)[C@H](CC(C)(C)N=[N+]=[N-])c1ccc(C(C)(C)C)cc1. The van der Waals surface area contributed by atoms with E-state index in [-0.39, 0.29) is 11.8 Å². The van der Waals surface area contributed by atoms with E-state index < -0.39 is 27.0 Å². The molecule has 25 heavy (non-hydrogen) atoms. The molecular formula is C18H29N3O3S. The Bertz CT molecular complexity index is 726. The molecule has 1 aromatic rings. The second-order valence-electron chi connectivity index (χ2n) is 8.20. The third kappa shape index (κ3) is 6.34. The summed E-state index contributed by atoms with van der Waals surface area (Å²) in [6.07, 6.45) is -0.315. The molecule has 0 aromatic heterocycles. The Hall–Kier alpha value is -1.56. The Balaban J connectivity index is 3.34. The van der Waals surface area contributed by atoms with Gasteiger partial charge in [-0.25, -0.2) is 0 Å². The first-order valence-corrected chi connectivity index (χ1v) is 9.84. The van der Waals surface area contributed by atoms with Gasteiger partial charge in [-0.1, -0.05) is 64.0 Å². The fourth-order valence-electron chi connectivity index (χ4n) is 2.54. The van der Waals surface area contributed by atoms with Crippen molar-refractivity contribution in [3.8, 4) is 0 Å². The molecule has 0 saturated carbocycles. The minimum atomic E-state index is -3.86. The molecular weight excluding hydrogens is 338 g/mol. The standard InChI is InChI=1S/C18H29N3O3S/c1-13(2)24-25(22,23)16(12-18(6,7)20-21-19)14-8-10-15(11-9-14)17(3,4)5/h8-11,13,16H,12H2,1-7H3/t16-/m1/s1. The number of azide groups is 1. The molecule has 0 aliphatic rings. The number of hydrogen-bond acceptors (Lipinski definition) is 4. The highest BCUT2D eigenvalue weighted by molar-refractivity contribution is 7.87. The Morgan fingerprint density at radius 2 is 1.64 bits per heavy atom. The van der Waals surface area contributed by atoms with Crippen molar-refractivity contribution in [2.75, 3.05) is 0 Å². The van der Waals surface area contributed by atoms with Gasteiger partial charge in [-0.3, -0.25) is 4.18 Å². The molecule has 0 aliphatic carbocycles. The third-order valence-corrected chi connectivity index (χ3v) is 5.61. The molecule has 0 fully saturated rings. The van der Waals surface area contributed by atoms with Crippen molar-refractivity contribution >= 4 is 10.1 Å². The van der Waals surface area contributed by atoms with Crippen LogP contribution >= 0.6 is 0 Å². The Labute approximate surface area is 151 Å². The lowest BCUT2D eigenvalue weighted by Gasteiger charge is -2.27. The van der Waals surface area contributed by atoms with Crippen LogP contribution in [0.5, 0.6) is 0 Å². The van der Waals surface area contributed by atoms with Crippen LogP contribution in [0.1, 0.15) is 71.3 Å². The van der Waals surface area contributed by atoms with Crippen LogP contribution in [-0.2, 0) is 19.7 Å². The average molecular weight is 368 g/mol. The zero-order chi connectivity index (χ0) is 19.5. The highest BCUT2D eigenvalue weighted by atomic mass is 32.2. The van der Waals surface area contributed by atoms with Gasteiger partial charge in [0.05, 0.1) is 6.10 Å². The lowest BCUT2D eigenvalue weighted by atomic mass is 9.86. The van der Waals surface area contributed by atoms with Gasteiger partial charge in [0, 0.05) is 10.5 Å². The fourth-order valence-corrected chi connectivity index (χ4v) is 4.31. The first-order chi connectivity index (χ1) is 11.3. The van der Waals surface area contributed by atoms with Gasteiger partial charge in [0.25, 0.3) is 10.1 Å². The zero-order valence-electron chi connectivity index (χ0n) is 16.1. The van der Waals surface area contributed by atoms with Crippen molar-refractivity contribution in [2.24, 2.45) is 5.11 Å². The zero-order valence-corrected chi connectivity index (χ0v) is 17.0. The predicted octanol–water partition coefficient (Wildman–Crippen LogP) is 5.26. The summed E-state index contributed by atoms with van der Waals surface area (Å²) in [6.45, 7) is 13.1. The van der Waals surface area contributed by atoms with E-state index in [0.717, 1.165) is 5.56 Å². The highest BCUT2D eigenvalue weighted by Gasteiger charge is 2.34. The molecule has 0 unspecified atom stereocenters. The second-order valence-corrected chi connectivity index (χ2v) is 9.95. The van der Waals surface area contributed by atoms with Gasteiger partial charge in [-0.15, -0.1) is 0 Å². The van der Waals surface area contributed by atoms with Crippen molar-refractivity contribution in [3.05, 3.63) is 45.8 Å². The van der Waals surface area contributed by atoms with E-state index >= 15 is 0 Å². The smallest absolute Gasteiger partial charge is 0.267 e. The summed E-state index contributed by atoms with van der Waals surface area (Å²) in [4.78, 5) is 2.83. The second kappa shape index (κ2) is 7.77. The van der Waals surface area contributed by atoms with Crippen LogP contribution in [0.3, 0.4) is 0 Å². The van der Waals surface area contributed by atoms with E-state index in [1.807, 2.05) is 24.3 Å². The van der Waals surface area contributed by atoms with Crippen LogP contribution in [0.25, 0.3) is 10.4 Å². The van der Waals surface area contributed by atoms with E-state index in [2.05, 4.69) is 30.8 Å². The van der Waals surface area contributed by atoms with E-state index in [1.54, 1.807) is 27.7 Å². The monoisotopic (exact) mass is 367 g/mol. The lowest BCUT2D eigenvalue weighted by Crippen LogP contribution is -2.27. The molecule has 6 nitrogen and oxygen atoms in total. The van der Waals surface area contributed by atoms with Crippen LogP contribution in [0.4, 0.5) is 0 Å². The van der Waals surface area contributed by atoms with Crippen molar-refractivity contribution in [1.29, 1.82) is 0 Å². The van der Waals surface area contributed by atoms with Gasteiger partial charge in [-0.05, 0) is 42.3 Å². The average Bonchev–Trinajstić information content (AvgIpc) is 2.42. The lowest BCUT2D eigenvalue weighted by molar-refractivity contribution is 0.241. The van der Waals surface area contributed by atoms with E-state index in [1.165, 1.54) is 0 Å². The maximum atomic E-state index is 12.7. The number of benzene rings is 1. The molecule has 0 radical (unpaired) electrons. The molecule has 0 saturated heterocycles. The fraction of sp³-hybridized carbons (Fsp3) is 0.667. The maximum Gasteiger partial charge on any atom is 0.274 e. The van der Waals surface area contributed by atoms with Crippen molar-refractivity contribution < 1.29 is 12.6 Å². The number of rotatable bonds is 7. The first kappa shape index (κ1) is 21.5. The summed E-state index contributed by atoms with van der Waals surface area (Å²) in [7, 11) is -3.86. The van der Waals surface area contributed by atoms with Crippen LogP contribution in [0, 0.1) is 0 Å². The number of hydrogen-bond donors (Lipinski definition) is 0. The van der Waals surface area contributed by atoms with Gasteiger partial charge < -0.3 is 0 Å². The minimum absolute atomic E-state index is 0.0221. The Morgan fingerprint density at radius 3 is 2.04 bits per heavy atom. The normalized spacial score (nSPS) is 14.2. The van der Waals surface area contributed by atoms with Gasteiger partial charge in [0.15, 0.2) is 0 Å². The van der Waals surface area contributed by atoms with Crippen LogP contribution in [0.2, 0.25) is 0 Å². The summed E-state index contributed by atoms with van der Waals surface area (Å²) in [5.74, 6) is 0. The molecule has 0 bridgehead atoms. The minimum Gasteiger partial charge on any atom is -0.267 e. The van der Waals surface area contributed by atoms with Gasteiger partial charge in [-0.2, -0.15) is 8.42 Å². The summed E-state index contributed by atoms with van der Waals surface area (Å²) >= 11 is 0. The summed E-state index contributed by atoms with van der Waals surface area (Å²) in [5.41, 5.74) is 9.61. The van der Waals surface area contributed by atoms with Crippen LogP contribution in [0.15, 0.2) is 29.4 Å². The van der Waals surface area contributed by atoms with E-state index in [4.69, 9.17) is 9.71 Å². The maximum absolute atomic E-state index is 12.7. The molecule has 0 N–H and O–H groups in total. The Kier molecular flexibility index (Phi) is 6.68. The number of nitrogens with zero attached hydrogens (tertiary/aromatic N) is 3. The quantitative estimate of drug-likeness (QED) is 0.285. The third-order valence-electron chi connectivity index (χ3n) is 3.82. The predicted molar refractivity (Wildman–Crippen MR) is 101 cm³/mol. The van der Waals surface area contributed by atoms with Gasteiger partial charge in [0.2, 0.25) is 0 Å². The largest absolute Gasteiger partial charge is 0.274 e. The summed E-state index contributed by atoms with van der Waals surface area (Å²) in [5, 5.41) is 2.83. The Morgan fingerprint density at radius 1 is 1.12 bits per heavy atom. The summed E-state index contributed by atoms with van der Waals surface area (Å²) in [6, 6.07) is 7.51. The molecule has 1 atom stereocenters. The molecule has 0 amide bonds. The molecule has 0 spiro atoms. The van der Waals surface area contributed by atoms with Crippen LogP contribution < -0.4 is 0 Å². The van der Waals surface area contributed by atoms with Crippen LogP contribution in [-0.4, -0.2) is 20.1 Å². The topological polar surface area (TPSA) is 92.1 Å². The highest BCUT2D eigenvalue weighted by Crippen LogP contribution is 2.35. The van der Waals surface area contributed by atoms with Crippen molar-refractivity contribution in [1.82, 2.24) is 0 Å². The molecule has 0 heterocycles. The summed E-state index contributed by atoms with van der Waals surface area (Å²) < 4.78 is 30.7. The van der Waals surface area contributed by atoms with Crippen molar-refractivity contribution in [2.45, 2.75) is 77.2 Å².